The standard InChI is InChI=1S/C12H14N4O2/c17-12(15-16-3-5-18-6-4-16)9-1-2-10-8-13-14-11(10)7-9/h1-2,7-8H,3-6H2,(H,13,14)(H,15,17). The predicted molar refractivity (Wildman–Crippen MR) is 66.0 cm³/mol. The van der Waals surface area contributed by atoms with Crippen LogP contribution in [0.2, 0.25) is 0 Å². The largest absolute Gasteiger partial charge is 0.379 e. The highest BCUT2D eigenvalue weighted by Gasteiger charge is 2.14. The Bertz CT molecular complexity index is 560. The Morgan fingerprint density at radius 3 is 3.06 bits per heavy atom. The van der Waals surface area contributed by atoms with Crippen LogP contribution in [0.1, 0.15) is 10.4 Å². The molecule has 1 saturated heterocycles. The van der Waals surface area contributed by atoms with Gasteiger partial charge in [0.25, 0.3) is 5.91 Å². The molecule has 1 amide bonds. The molecule has 1 aromatic heterocycles. The average Bonchev–Trinajstić information content (AvgIpc) is 2.87. The van der Waals surface area contributed by atoms with E-state index >= 15 is 0 Å². The molecule has 0 aliphatic carbocycles. The van der Waals surface area contributed by atoms with Gasteiger partial charge in [0.1, 0.15) is 0 Å². The van der Waals surface area contributed by atoms with Crippen LogP contribution in [0.3, 0.4) is 0 Å². The summed E-state index contributed by atoms with van der Waals surface area (Å²) in [6.45, 7) is 2.75. The minimum absolute atomic E-state index is 0.103. The fourth-order valence-electron chi connectivity index (χ4n) is 1.96. The highest BCUT2D eigenvalue weighted by atomic mass is 16.5. The smallest absolute Gasteiger partial charge is 0.265 e. The van der Waals surface area contributed by atoms with Crippen molar-refractivity contribution in [2.45, 2.75) is 0 Å². The molecule has 1 aliphatic heterocycles. The summed E-state index contributed by atoms with van der Waals surface area (Å²) in [6.07, 6.45) is 1.74. The van der Waals surface area contributed by atoms with E-state index in [-0.39, 0.29) is 5.91 Å². The zero-order chi connectivity index (χ0) is 12.4. The lowest BCUT2D eigenvalue weighted by molar-refractivity contribution is 0.0126. The second-order valence-corrected chi connectivity index (χ2v) is 4.21. The van der Waals surface area contributed by atoms with Crippen molar-refractivity contribution in [3.63, 3.8) is 0 Å². The van der Waals surface area contributed by atoms with Gasteiger partial charge in [-0.3, -0.25) is 15.3 Å². The van der Waals surface area contributed by atoms with Gasteiger partial charge >= 0.3 is 0 Å². The lowest BCUT2D eigenvalue weighted by Crippen LogP contribution is -2.48. The highest BCUT2D eigenvalue weighted by molar-refractivity contribution is 5.97. The van der Waals surface area contributed by atoms with E-state index in [0.29, 0.717) is 18.8 Å². The van der Waals surface area contributed by atoms with E-state index in [1.807, 2.05) is 11.1 Å². The Labute approximate surface area is 104 Å². The van der Waals surface area contributed by atoms with Crippen molar-refractivity contribution >= 4 is 16.8 Å². The molecule has 0 saturated carbocycles. The number of rotatable bonds is 2. The van der Waals surface area contributed by atoms with Crippen molar-refractivity contribution in [3.05, 3.63) is 30.0 Å². The van der Waals surface area contributed by atoms with Crippen LogP contribution in [0.15, 0.2) is 24.4 Å². The van der Waals surface area contributed by atoms with Crippen LogP contribution in [-0.4, -0.2) is 47.4 Å². The van der Waals surface area contributed by atoms with Crippen molar-refractivity contribution in [1.82, 2.24) is 20.6 Å². The zero-order valence-electron chi connectivity index (χ0n) is 9.85. The molecule has 0 spiro atoms. The monoisotopic (exact) mass is 246 g/mol. The molecular weight excluding hydrogens is 232 g/mol. The fourth-order valence-corrected chi connectivity index (χ4v) is 1.96. The van der Waals surface area contributed by atoms with Gasteiger partial charge in [0.05, 0.1) is 24.9 Å². The van der Waals surface area contributed by atoms with Gasteiger partial charge < -0.3 is 4.74 Å². The number of aromatic nitrogens is 2. The molecular formula is C12H14N4O2. The molecule has 1 fully saturated rings. The van der Waals surface area contributed by atoms with Crippen molar-refractivity contribution in [2.75, 3.05) is 26.3 Å². The van der Waals surface area contributed by atoms with Gasteiger partial charge in [-0.2, -0.15) is 5.10 Å². The first-order chi connectivity index (χ1) is 8.83. The summed E-state index contributed by atoms with van der Waals surface area (Å²) in [5.41, 5.74) is 4.36. The molecule has 3 rings (SSSR count). The second-order valence-electron chi connectivity index (χ2n) is 4.21. The number of H-pyrrole nitrogens is 1. The van der Waals surface area contributed by atoms with Gasteiger partial charge in [-0.15, -0.1) is 0 Å². The van der Waals surface area contributed by atoms with Gasteiger partial charge in [-0.1, -0.05) is 6.07 Å². The first-order valence-corrected chi connectivity index (χ1v) is 5.90. The number of carbonyl (C=O) groups is 1. The summed E-state index contributed by atoms with van der Waals surface area (Å²) in [6, 6.07) is 5.48. The van der Waals surface area contributed by atoms with E-state index in [4.69, 9.17) is 4.74 Å². The highest BCUT2D eigenvalue weighted by Crippen LogP contribution is 2.12. The van der Waals surface area contributed by atoms with Crippen LogP contribution in [0.4, 0.5) is 0 Å². The topological polar surface area (TPSA) is 70.2 Å². The van der Waals surface area contributed by atoms with E-state index in [2.05, 4.69) is 15.6 Å². The zero-order valence-corrected chi connectivity index (χ0v) is 9.85. The molecule has 0 unspecified atom stereocenters. The maximum Gasteiger partial charge on any atom is 0.265 e. The number of nitrogens with zero attached hydrogens (tertiary/aromatic N) is 2. The number of nitrogens with one attached hydrogen (secondary N) is 2. The number of carbonyl (C=O) groups excluding carboxylic acids is 1. The summed E-state index contributed by atoms with van der Waals surface area (Å²) < 4.78 is 5.23. The molecule has 6 nitrogen and oxygen atoms in total. The van der Waals surface area contributed by atoms with Gasteiger partial charge in [0, 0.05) is 24.0 Å². The summed E-state index contributed by atoms with van der Waals surface area (Å²) in [7, 11) is 0. The minimum Gasteiger partial charge on any atom is -0.379 e. The molecule has 2 heterocycles. The van der Waals surface area contributed by atoms with Crippen LogP contribution >= 0.6 is 0 Å². The predicted octanol–water partition coefficient (Wildman–Crippen LogP) is 0.540. The molecule has 0 radical (unpaired) electrons. The molecule has 1 aromatic carbocycles. The average molecular weight is 246 g/mol. The number of hydrogen-bond donors (Lipinski definition) is 2. The molecule has 1 aliphatic rings. The van der Waals surface area contributed by atoms with Crippen molar-refractivity contribution in [2.24, 2.45) is 0 Å². The molecule has 0 bridgehead atoms. The van der Waals surface area contributed by atoms with E-state index in [1.165, 1.54) is 0 Å². The normalized spacial score (nSPS) is 16.9. The summed E-state index contributed by atoms with van der Waals surface area (Å²) in [4.78, 5) is 12.1. The Morgan fingerprint density at radius 2 is 2.22 bits per heavy atom. The molecule has 18 heavy (non-hydrogen) atoms. The van der Waals surface area contributed by atoms with Crippen LogP contribution in [0.5, 0.6) is 0 Å². The van der Waals surface area contributed by atoms with Crippen LogP contribution in [0.25, 0.3) is 10.9 Å². The number of hydrogen-bond acceptors (Lipinski definition) is 4. The maximum absolute atomic E-state index is 12.1. The van der Waals surface area contributed by atoms with Crippen molar-refractivity contribution in [3.8, 4) is 0 Å². The third-order valence-corrected chi connectivity index (χ3v) is 2.97. The van der Waals surface area contributed by atoms with Crippen LogP contribution < -0.4 is 5.43 Å². The number of hydrazine groups is 1. The van der Waals surface area contributed by atoms with Crippen molar-refractivity contribution in [1.29, 1.82) is 0 Å². The van der Waals surface area contributed by atoms with Gasteiger partial charge in [0.2, 0.25) is 0 Å². The first kappa shape index (κ1) is 11.2. The third-order valence-electron chi connectivity index (χ3n) is 2.97. The Balaban J connectivity index is 1.74. The van der Waals surface area contributed by atoms with Crippen LogP contribution in [0, 0.1) is 0 Å². The number of benzene rings is 1. The lowest BCUT2D eigenvalue weighted by Gasteiger charge is -2.26. The molecule has 94 valence electrons. The summed E-state index contributed by atoms with van der Waals surface area (Å²) in [5.74, 6) is -0.103. The molecule has 2 aromatic rings. The Morgan fingerprint density at radius 1 is 1.39 bits per heavy atom. The quantitative estimate of drug-likeness (QED) is 0.811. The first-order valence-electron chi connectivity index (χ1n) is 5.90. The van der Waals surface area contributed by atoms with Gasteiger partial charge in [-0.25, -0.2) is 5.01 Å². The molecule has 6 heteroatoms. The second kappa shape index (κ2) is 4.75. The SMILES string of the molecule is O=C(NN1CCOCC1)c1ccc2cn[nH]c2c1. The number of aromatic amines is 1. The van der Waals surface area contributed by atoms with E-state index in [9.17, 15) is 4.79 Å². The van der Waals surface area contributed by atoms with Gasteiger partial charge in [-0.05, 0) is 12.1 Å². The van der Waals surface area contributed by atoms with Crippen molar-refractivity contribution < 1.29 is 9.53 Å². The maximum atomic E-state index is 12.1. The minimum atomic E-state index is -0.103. The Hall–Kier alpha value is -1.92. The summed E-state index contributed by atoms with van der Waals surface area (Å²) in [5, 5.41) is 9.66. The third kappa shape index (κ3) is 2.20. The fraction of sp³-hybridized carbons (Fsp3) is 0.333. The van der Waals surface area contributed by atoms with E-state index < -0.39 is 0 Å². The van der Waals surface area contributed by atoms with Crippen LogP contribution in [-0.2, 0) is 4.74 Å². The summed E-state index contributed by atoms with van der Waals surface area (Å²) >= 11 is 0. The number of morpholine rings is 1. The van der Waals surface area contributed by atoms with E-state index in [1.54, 1.807) is 18.3 Å². The van der Waals surface area contributed by atoms with Gasteiger partial charge in [0.15, 0.2) is 0 Å². The lowest BCUT2D eigenvalue weighted by atomic mass is 10.1. The number of amides is 1. The molecule has 0 atom stereocenters. The molecule has 2 N–H and O–H groups in total. The van der Waals surface area contributed by atoms with E-state index in [0.717, 1.165) is 24.0 Å². The Kier molecular flexibility index (Phi) is 2.95. The number of ether oxygens (including phenoxy) is 1. The number of fused-ring (bicyclic) bond motifs is 1.